The van der Waals surface area contributed by atoms with E-state index in [1.807, 2.05) is 26.9 Å². The van der Waals surface area contributed by atoms with E-state index in [4.69, 9.17) is 4.74 Å². The number of rotatable bonds is 4. The largest absolute Gasteiger partial charge is 0.372 e. The molecule has 0 aliphatic carbocycles. The van der Waals surface area contributed by atoms with Crippen molar-refractivity contribution in [3.05, 3.63) is 21.3 Å². The molecule has 0 aromatic heterocycles. The van der Waals surface area contributed by atoms with Crippen LogP contribution in [-0.4, -0.2) is 46.9 Å². The summed E-state index contributed by atoms with van der Waals surface area (Å²) in [5, 5.41) is 0. The highest BCUT2D eigenvalue weighted by Gasteiger charge is 2.31. The van der Waals surface area contributed by atoms with E-state index < -0.39 is 10.0 Å². The van der Waals surface area contributed by atoms with Crippen molar-refractivity contribution >= 4 is 45.9 Å². The van der Waals surface area contributed by atoms with Crippen molar-refractivity contribution in [3.63, 3.8) is 0 Å². The molecule has 0 bridgehead atoms. The van der Waals surface area contributed by atoms with Gasteiger partial charge in [0.25, 0.3) is 0 Å². The number of nitrogens with zero attached hydrogens (tertiary/aromatic N) is 1. The molecule has 0 N–H and O–H groups in total. The first-order valence-corrected chi connectivity index (χ1v) is 8.19. The zero-order chi connectivity index (χ0) is 13.5. The van der Waals surface area contributed by atoms with Crippen LogP contribution in [0.4, 0.5) is 0 Å². The standard InChI is InChI=1S/C11H15BINO3S/c1-7-3-8(13)4-10(12)11(7)18(15,16)14(2)5-9-6-17-9/h3-4,9H,5-6,12H2,1-2H3/t9-/m0/s1. The van der Waals surface area contributed by atoms with Crippen LogP contribution < -0.4 is 5.46 Å². The Morgan fingerprint density at radius 1 is 1.56 bits per heavy atom. The molecule has 1 saturated heterocycles. The normalized spacial score (nSPS) is 19.2. The molecule has 1 atom stereocenters. The molecular weight excluding hydrogens is 364 g/mol. The van der Waals surface area contributed by atoms with Crippen molar-refractivity contribution < 1.29 is 13.2 Å². The average Bonchev–Trinajstić information content (AvgIpc) is 2.98. The van der Waals surface area contributed by atoms with Crippen LogP contribution in [0.15, 0.2) is 17.0 Å². The molecule has 2 rings (SSSR count). The van der Waals surface area contributed by atoms with E-state index in [1.165, 1.54) is 4.31 Å². The first kappa shape index (κ1) is 14.3. The maximum absolute atomic E-state index is 12.5. The van der Waals surface area contributed by atoms with Crippen LogP contribution >= 0.6 is 22.6 Å². The molecule has 0 radical (unpaired) electrons. The number of sulfonamides is 1. The minimum atomic E-state index is -3.42. The van der Waals surface area contributed by atoms with Gasteiger partial charge in [0.1, 0.15) is 7.85 Å². The Morgan fingerprint density at radius 3 is 2.67 bits per heavy atom. The summed E-state index contributed by atoms with van der Waals surface area (Å²) in [5.41, 5.74) is 1.59. The molecule has 18 heavy (non-hydrogen) atoms. The topological polar surface area (TPSA) is 49.9 Å². The highest BCUT2D eigenvalue weighted by Crippen LogP contribution is 2.21. The van der Waals surface area contributed by atoms with Gasteiger partial charge >= 0.3 is 0 Å². The molecule has 1 aromatic carbocycles. The van der Waals surface area contributed by atoms with E-state index >= 15 is 0 Å². The van der Waals surface area contributed by atoms with Crippen molar-refractivity contribution in [1.82, 2.24) is 4.31 Å². The second-order valence-corrected chi connectivity index (χ2v) is 7.84. The molecule has 0 unspecified atom stereocenters. The predicted molar refractivity (Wildman–Crippen MR) is 81.6 cm³/mol. The number of hydrogen-bond acceptors (Lipinski definition) is 3. The molecule has 98 valence electrons. The Hall–Kier alpha value is -0.115. The summed E-state index contributed by atoms with van der Waals surface area (Å²) in [4.78, 5) is 0.422. The van der Waals surface area contributed by atoms with Crippen molar-refractivity contribution in [3.8, 4) is 0 Å². The third-order valence-corrected chi connectivity index (χ3v) is 5.71. The second-order valence-electron chi connectivity index (χ2n) is 4.61. The van der Waals surface area contributed by atoms with Crippen LogP contribution in [0, 0.1) is 10.5 Å². The van der Waals surface area contributed by atoms with Crippen molar-refractivity contribution in [2.45, 2.75) is 17.9 Å². The number of aryl methyl sites for hydroxylation is 1. The molecule has 1 aliphatic heterocycles. The van der Waals surface area contributed by atoms with Gasteiger partial charge in [0.05, 0.1) is 17.6 Å². The molecule has 1 fully saturated rings. The molecule has 1 aromatic rings. The van der Waals surface area contributed by atoms with Gasteiger partial charge in [0.2, 0.25) is 10.0 Å². The minimum Gasteiger partial charge on any atom is -0.372 e. The average molecular weight is 379 g/mol. The molecule has 4 nitrogen and oxygen atoms in total. The van der Waals surface area contributed by atoms with Crippen molar-refractivity contribution in [2.24, 2.45) is 0 Å². The fraction of sp³-hybridized carbons (Fsp3) is 0.455. The molecule has 1 aliphatic rings. The van der Waals surface area contributed by atoms with Gasteiger partial charge in [-0.15, -0.1) is 0 Å². The van der Waals surface area contributed by atoms with Gasteiger partial charge in [-0.25, -0.2) is 8.42 Å². The lowest BCUT2D eigenvalue weighted by atomic mass is 9.94. The molecule has 0 spiro atoms. The summed E-state index contributed by atoms with van der Waals surface area (Å²) in [6.45, 7) is 2.92. The lowest BCUT2D eigenvalue weighted by molar-refractivity contribution is 0.359. The lowest BCUT2D eigenvalue weighted by Gasteiger charge is -2.19. The van der Waals surface area contributed by atoms with Gasteiger partial charge in [0.15, 0.2) is 0 Å². The Bertz CT molecular complexity index is 549. The summed E-state index contributed by atoms with van der Waals surface area (Å²) in [6, 6.07) is 3.78. The Labute approximate surface area is 122 Å². The van der Waals surface area contributed by atoms with Crippen molar-refractivity contribution in [1.29, 1.82) is 0 Å². The fourth-order valence-electron chi connectivity index (χ4n) is 2.02. The van der Waals surface area contributed by atoms with Crippen LogP contribution in [-0.2, 0) is 14.8 Å². The quantitative estimate of drug-likeness (QED) is 0.417. The third-order valence-electron chi connectivity index (χ3n) is 2.96. The van der Waals surface area contributed by atoms with E-state index in [1.54, 1.807) is 7.05 Å². The monoisotopic (exact) mass is 379 g/mol. The van der Waals surface area contributed by atoms with Gasteiger partial charge in [0, 0.05) is 17.2 Å². The first-order valence-electron chi connectivity index (χ1n) is 5.67. The van der Waals surface area contributed by atoms with Crippen LogP contribution in [0.3, 0.4) is 0 Å². The summed E-state index contributed by atoms with van der Waals surface area (Å²) in [6.07, 6.45) is 0.0641. The van der Waals surface area contributed by atoms with Gasteiger partial charge in [-0.1, -0.05) is 11.5 Å². The van der Waals surface area contributed by atoms with Gasteiger partial charge in [-0.2, -0.15) is 4.31 Å². The number of benzene rings is 1. The minimum absolute atomic E-state index is 0.0641. The van der Waals surface area contributed by atoms with Gasteiger partial charge in [-0.05, 0) is 41.1 Å². The molecule has 7 heteroatoms. The Kier molecular flexibility index (Phi) is 4.06. The molecule has 0 saturated carbocycles. The second kappa shape index (κ2) is 5.11. The van der Waals surface area contributed by atoms with Gasteiger partial charge < -0.3 is 4.74 Å². The van der Waals surface area contributed by atoms with E-state index in [0.29, 0.717) is 18.0 Å². The molecule has 1 heterocycles. The summed E-state index contributed by atoms with van der Waals surface area (Å²) >= 11 is 2.19. The van der Waals surface area contributed by atoms with Crippen LogP contribution in [0.2, 0.25) is 0 Å². The SMILES string of the molecule is Bc1cc(I)cc(C)c1S(=O)(=O)N(C)C[C@H]1CO1. The maximum atomic E-state index is 12.5. The fourth-order valence-corrected chi connectivity index (χ4v) is 4.56. The number of likely N-dealkylation sites (N-methyl/N-ethyl adjacent to an activating group) is 1. The van der Waals surface area contributed by atoms with Crippen molar-refractivity contribution in [2.75, 3.05) is 20.2 Å². The molecule has 0 amide bonds. The summed E-state index contributed by atoms with van der Waals surface area (Å²) < 4.78 is 32.5. The smallest absolute Gasteiger partial charge is 0.242 e. The third kappa shape index (κ3) is 2.89. The van der Waals surface area contributed by atoms with E-state index in [2.05, 4.69) is 22.6 Å². The zero-order valence-corrected chi connectivity index (χ0v) is 13.6. The lowest BCUT2D eigenvalue weighted by Crippen LogP contribution is -2.34. The van der Waals surface area contributed by atoms with Crippen LogP contribution in [0.5, 0.6) is 0 Å². The van der Waals surface area contributed by atoms with E-state index in [0.717, 1.165) is 14.6 Å². The first-order chi connectivity index (χ1) is 8.32. The van der Waals surface area contributed by atoms with Crippen LogP contribution in [0.25, 0.3) is 0 Å². The number of epoxide rings is 1. The Balaban J connectivity index is 2.39. The number of halogens is 1. The maximum Gasteiger partial charge on any atom is 0.242 e. The van der Waals surface area contributed by atoms with Crippen LogP contribution in [0.1, 0.15) is 5.56 Å². The zero-order valence-electron chi connectivity index (χ0n) is 10.6. The predicted octanol–water partition coefficient (Wildman–Crippen LogP) is -0.123. The summed E-state index contributed by atoms with van der Waals surface area (Å²) in [7, 11) is 0.0197. The van der Waals surface area contributed by atoms with E-state index in [9.17, 15) is 8.42 Å². The number of hydrogen-bond donors (Lipinski definition) is 0. The summed E-state index contributed by atoms with van der Waals surface area (Å²) in [5.74, 6) is 0. The van der Waals surface area contributed by atoms with Gasteiger partial charge in [-0.3, -0.25) is 0 Å². The number of ether oxygens (including phenoxy) is 1. The van der Waals surface area contributed by atoms with E-state index in [-0.39, 0.29) is 6.10 Å². The highest BCUT2D eigenvalue weighted by molar-refractivity contribution is 14.1. The highest BCUT2D eigenvalue weighted by atomic mass is 127. The Morgan fingerprint density at radius 2 is 2.17 bits per heavy atom. The molecular formula is C11H15BINO3S.